The molecular weight excluding hydrogens is 194 g/mol. The second kappa shape index (κ2) is 3.98. The van der Waals surface area contributed by atoms with Crippen molar-refractivity contribution in [3.05, 3.63) is 0 Å². The van der Waals surface area contributed by atoms with Gasteiger partial charge in [0.15, 0.2) is 9.84 Å². The van der Waals surface area contributed by atoms with Gasteiger partial charge in [0.05, 0.1) is 11.5 Å². The van der Waals surface area contributed by atoms with Gasteiger partial charge in [-0.1, -0.05) is 0 Å². The average molecular weight is 209 g/mol. The predicted molar refractivity (Wildman–Crippen MR) is 53.2 cm³/mol. The molecule has 2 atom stereocenters. The highest BCUT2D eigenvalue weighted by atomic mass is 32.2. The maximum atomic E-state index is 11.0. The molecule has 72 valence electrons. The molecule has 0 aromatic heterocycles. The Balaban J connectivity index is 2.29. The van der Waals surface area contributed by atoms with Crippen LogP contribution in [0.5, 0.6) is 0 Å². The first-order valence-corrected chi connectivity index (χ1v) is 6.94. The van der Waals surface area contributed by atoms with Crippen molar-refractivity contribution in [2.45, 2.75) is 24.6 Å². The minimum absolute atomic E-state index is 0.165. The third kappa shape index (κ3) is 3.33. The van der Waals surface area contributed by atoms with E-state index in [1.807, 2.05) is 6.92 Å². The Hall–Kier alpha value is 0.260. The summed E-state index contributed by atoms with van der Waals surface area (Å²) in [4.78, 5) is 0. The number of hydrogen-bond acceptors (Lipinski definition) is 4. The Kier molecular flexibility index (Phi) is 3.43. The van der Waals surface area contributed by atoms with Gasteiger partial charge in [-0.25, -0.2) is 8.42 Å². The van der Waals surface area contributed by atoms with Crippen LogP contribution in [0.15, 0.2) is 0 Å². The summed E-state index contributed by atoms with van der Waals surface area (Å²) < 4.78 is 22.1. The summed E-state index contributed by atoms with van der Waals surface area (Å²) in [7, 11) is -2.71. The summed E-state index contributed by atoms with van der Waals surface area (Å²) in [5, 5.41) is 0.293. The molecule has 1 saturated heterocycles. The number of sulfone groups is 1. The van der Waals surface area contributed by atoms with Crippen molar-refractivity contribution in [1.82, 2.24) is 0 Å². The molecule has 2 N–H and O–H groups in total. The van der Waals surface area contributed by atoms with Crippen molar-refractivity contribution in [3.63, 3.8) is 0 Å². The van der Waals surface area contributed by atoms with E-state index in [4.69, 9.17) is 5.73 Å². The summed E-state index contributed by atoms with van der Waals surface area (Å²) >= 11 is 1.69. The molecule has 1 rings (SSSR count). The fourth-order valence-corrected chi connectivity index (χ4v) is 4.74. The monoisotopic (exact) mass is 209 g/mol. The molecule has 3 nitrogen and oxygen atoms in total. The van der Waals surface area contributed by atoms with Gasteiger partial charge in [-0.3, -0.25) is 0 Å². The van der Waals surface area contributed by atoms with E-state index in [1.165, 1.54) is 0 Å². The fourth-order valence-electron chi connectivity index (χ4n) is 1.18. The van der Waals surface area contributed by atoms with Gasteiger partial charge in [0.1, 0.15) is 0 Å². The second-order valence-electron chi connectivity index (χ2n) is 3.34. The van der Waals surface area contributed by atoms with Gasteiger partial charge in [0, 0.05) is 17.0 Å². The highest BCUT2D eigenvalue weighted by Crippen LogP contribution is 2.24. The van der Waals surface area contributed by atoms with Gasteiger partial charge >= 0.3 is 0 Å². The molecule has 5 heteroatoms. The van der Waals surface area contributed by atoms with Crippen LogP contribution >= 0.6 is 11.8 Å². The Morgan fingerprint density at radius 1 is 1.67 bits per heavy atom. The number of nitrogens with two attached hydrogens (primary N) is 1. The lowest BCUT2D eigenvalue weighted by atomic mass is 10.4. The van der Waals surface area contributed by atoms with Crippen molar-refractivity contribution in [1.29, 1.82) is 0 Å². The molecule has 0 saturated carbocycles. The average Bonchev–Trinajstić information content (AvgIpc) is 2.26. The van der Waals surface area contributed by atoms with Gasteiger partial charge < -0.3 is 5.73 Å². The highest BCUT2D eigenvalue weighted by molar-refractivity contribution is 8.01. The van der Waals surface area contributed by atoms with E-state index in [0.717, 1.165) is 12.2 Å². The molecule has 1 heterocycles. The van der Waals surface area contributed by atoms with Crippen molar-refractivity contribution in [3.8, 4) is 0 Å². The molecule has 0 aromatic rings. The topological polar surface area (TPSA) is 60.2 Å². The first-order valence-electron chi connectivity index (χ1n) is 4.07. The Bertz CT molecular complexity index is 236. The van der Waals surface area contributed by atoms with Gasteiger partial charge in [-0.2, -0.15) is 11.8 Å². The molecule has 12 heavy (non-hydrogen) atoms. The zero-order chi connectivity index (χ0) is 9.19. The van der Waals surface area contributed by atoms with Crippen LogP contribution in [-0.4, -0.2) is 37.0 Å². The summed E-state index contributed by atoms with van der Waals surface area (Å²) in [5.41, 5.74) is 5.57. The Morgan fingerprint density at radius 2 is 2.33 bits per heavy atom. The van der Waals surface area contributed by atoms with Crippen molar-refractivity contribution < 1.29 is 8.42 Å². The zero-order valence-corrected chi connectivity index (χ0v) is 8.83. The van der Waals surface area contributed by atoms with E-state index in [-0.39, 0.29) is 6.04 Å². The lowest BCUT2D eigenvalue weighted by Crippen LogP contribution is -2.20. The van der Waals surface area contributed by atoms with Crippen LogP contribution in [0, 0.1) is 0 Å². The molecule has 2 unspecified atom stereocenters. The summed E-state index contributed by atoms with van der Waals surface area (Å²) in [6.45, 7) is 1.94. The zero-order valence-electron chi connectivity index (χ0n) is 7.19. The van der Waals surface area contributed by atoms with Gasteiger partial charge in [0.25, 0.3) is 0 Å². The number of hydrogen-bond donors (Lipinski definition) is 1. The van der Waals surface area contributed by atoms with Crippen LogP contribution in [0.1, 0.15) is 13.3 Å². The van der Waals surface area contributed by atoms with Crippen molar-refractivity contribution >= 4 is 21.6 Å². The molecular formula is C7H15NO2S2. The quantitative estimate of drug-likeness (QED) is 0.724. The molecule has 0 aromatic carbocycles. The van der Waals surface area contributed by atoms with Gasteiger partial charge in [-0.05, 0) is 13.3 Å². The summed E-state index contributed by atoms with van der Waals surface area (Å²) in [6, 6.07) is 0.165. The molecule has 0 aliphatic carbocycles. The Labute approximate surface area is 78.0 Å². The van der Waals surface area contributed by atoms with Gasteiger partial charge in [0.2, 0.25) is 0 Å². The van der Waals surface area contributed by atoms with Crippen LogP contribution in [0.2, 0.25) is 0 Å². The predicted octanol–water partition coefficient (Wildman–Crippen LogP) is 0.254. The van der Waals surface area contributed by atoms with E-state index in [0.29, 0.717) is 16.8 Å². The molecule has 0 radical (unpaired) electrons. The smallest absolute Gasteiger partial charge is 0.151 e. The standard InChI is InChI=1S/C7H15NO2S2/c1-6(8)4-11-7-2-3-12(9,10)5-7/h6-7H,2-5,8H2,1H3. The first-order chi connectivity index (χ1) is 5.49. The normalized spacial score (nSPS) is 30.3. The number of rotatable bonds is 3. The molecule has 0 bridgehead atoms. The van der Waals surface area contributed by atoms with E-state index in [1.54, 1.807) is 11.8 Å². The minimum Gasteiger partial charge on any atom is -0.327 e. The number of thioether (sulfide) groups is 1. The maximum Gasteiger partial charge on any atom is 0.151 e. The van der Waals surface area contributed by atoms with E-state index in [2.05, 4.69) is 0 Å². The third-order valence-corrected chi connectivity index (χ3v) is 5.36. The molecule has 1 fully saturated rings. The van der Waals surface area contributed by atoms with Crippen LogP contribution < -0.4 is 5.73 Å². The molecule has 0 amide bonds. The SMILES string of the molecule is CC(N)CSC1CCS(=O)(=O)C1. The Morgan fingerprint density at radius 3 is 2.75 bits per heavy atom. The van der Waals surface area contributed by atoms with Crippen LogP contribution in [-0.2, 0) is 9.84 Å². The van der Waals surface area contributed by atoms with E-state index in [9.17, 15) is 8.42 Å². The maximum absolute atomic E-state index is 11.0. The van der Waals surface area contributed by atoms with E-state index < -0.39 is 9.84 Å². The van der Waals surface area contributed by atoms with Crippen LogP contribution in [0.25, 0.3) is 0 Å². The minimum atomic E-state index is -2.71. The molecule has 0 spiro atoms. The second-order valence-corrected chi connectivity index (χ2v) is 6.90. The van der Waals surface area contributed by atoms with Crippen LogP contribution in [0.4, 0.5) is 0 Å². The summed E-state index contributed by atoms with van der Waals surface area (Å²) in [5.74, 6) is 1.58. The largest absolute Gasteiger partial charge is 0.327 e. The molecule has 1 aliphatic heterocycles. The van der Waals surface area contributed by atoms with Crippen molar-refractivity contribution in [2.24, 2.45) is 5.73 Å². The van der Waals surface area contributed by atoms with Gasteiger partial charge in [-0.15, -0.1) is 0 Å². The first kappa shape index (κ1) is 10.3. The van der Waals surface area contributed by atoms with Crippen molar-refractivity contribution in [2.75, 3.05) is 17.3 Å². The lowest BCUT2D eigenvalue weighted by molar-refractivity contribution is 0.602. The van der Waals surface area contributed by atoms with E-state index >= 15 is 0 Å². The lowest BCUT2D eigenvalue weighted by Gasteiger charge is -2.08. The fraction of sp³-hybridized carbons (Fsp3) is 1.00. The summed E-state index contributed by atoms with van der Waals surface area (Å²) in [6.07, 6.45) is 0.805. The molecule has 1 aliphatic rings. The highest BCUT2D eigenvalue weighted by Gasteiger charge is 2.27. The van der Waals surface area contributed by atoms with Crippen LogP contribution in [0.3, 0.4) is 0 Å². The third-order valence-electron chi connectivity index (χ3n) is 1.79.